The number of aryl methyl sites for hydroxylation is 2. The molecule has 0 aliphatic rings. The van der Waals surface area contributed by atoms with Gasteiger partial charge in [0.25, 0.3) is 5.91 Å². The predicted molar refractivity (Wildman–Crippen MR) is 111 cm³/mol. The lowest BCUT2D eigenvalue weighted by Crippen LogP contribution is -2.13. The average molecular weight is 369 g/mol. The quantitative estimate of drug-likeness (QED) is 0.548. The summed E-state index contributed by atoms with van der Waals surface area (Å²) >= 11 is 0. The van der Waals surface area contributed by atoms with E-state index in [1.807, 2.05) is 48.5 Å². The molecule has 0 radical (unpaired) electrons. The molecule has 0 unspecified atom stereocenters. The number of carbonyl (C=O) groups excluding carboxylic acids is 1. The fourth-order valence-corrected chi connectivity index (χ4v) is 2.86. The molecular weight excluding hydrogens is 350 g/mol. The number of carbonyl (C=O) groups is 1. The molecule has 0 saturated carbocycles. The van der Waals surface area contributed by atoms with Crippen molar-refractivity contribution in [1.82, 2.24) is 15.0 Å². The average Bonchev–Trinajstić information content (AvgIpc) is 2.71. The first kappa shape index (κ1) is 17.6. The summed E-state index contributed by atoms with van der Waals surface area (Å²) in [6, 6.07) is 15.5. The number of hydrogen-bond donors (Lipinski definition) is 2. The number of pyridine rings is 1. The van der Waals surface area contributed by atoms with Gasteiger partial charge in [0.1, 0.15) is 0 Å². The summed E-state index contributed by atoms with van der Waals surface area (Å²) in [6.07, 6.45) is 4.71. The van der Waals surface area contributed by atoms with Crippen LogP contribution in [0.4, 0.5) is 17.3 Å². The first-order valence-corrected chi connectivity index (χ1v) is 8.91. The molecule has 1 amide bonds. The van der Waals surface area contributed by atoms with Crippen molar-refractivity contribution in [3.63, 3.8) is 0 Å². The first-order valence-electron chi connectivity index (χ1n) is 8.91. The molecule has 4 aromatic rings. The maximum absolute atomic E-state index is 12.6. The van der Waals surface area contributed by atoms with Crippen LogP contribution in [0, 0.1) is 13.8 Å². The van der Waals surface area contributed by atoms with Crippen LogP contribution >= 0.6 is 0 Å². The fourth-order valence-electron chi connectivity index (χ4n) is 2.86. The van der Waals surface area contributed by atoms with E-state index in [1.165, 1.54) is 23.5 Å². The fraction of sp³-hybridized carbons (Fsp3) is 0.0909. The summed E-state index contributed by atoms with van der Waals surface area (Å²) in [5.41, 5.74) is 5.08. The SMILES string of the molecule is Cc1ccc(Nc2ncc(C(=O)Nc3cccc4cccnc34)cn2)cc1C. The molecule has 0 bridgehead atoms. The molecule has 28 heavy (non-hydrogen) atoms. The molecule has 138 valence electrons. The number of benzene rings is 2. The second kappa shape index (κ2) is 7.44. The van der Waals surface area contributed by atoms with Gasteiger partial charge in [-0.15, -0.1) is 0 Å². The van der Waals surface area contributed by atoms with Gasteiger partial charge >= 0.3 is 0 Å². The largest absolute Gasteiger partial charge is 0.324 e. The molecule has 0 fully saturated rings. The zero-order valence-electron chi connectivity index (χ0n) is 15.6. The van der Waals surface area contributed by atoms with Crippen molar-refractivity contribution in [1.29, 1.82) is 0 Å². The number of nitrogens with zero attached hydrogens (tertiary/aromatic N) is 3. The number of amides is 1. The highest BCUT2D eigenvalue weighted by Crippen LogP contribution is 2.21. The lowest BCUT2D eigenvalue weighted by atomic mass is 10.1. The Bertz CT molecular complexity index is 1150. The Morgan fingerprint density at radius 2 is 1.68 bits per heavy atom. The van der Waals surface area contributed by atoms with Crippen LogP contribution in [0.1, 0.15) is 21.5 Å². The highest BCUT2D eigenvalue weighted by Gasteiger charge is 2.10. The van der Waals surface area contributed by atoms with Crippen LogP contribution < -0.4 is 10.6 Å². The molecule has 0 aliphatic carbocycles. The van der Waals surface area contributed by atoms with E-state index in [0.717, 1.165) is 16.6 Å². The minimum absolute atomic E-state index is 0.282. The van der Waals surface area contributed by atoms with Crippen LogP contribution in [0.25, 0.3) is 10.9 Å². The van der Waals surface area contributed by atoms with Crippen LogP contribution in [-0.2, 0) is 0 Å². The maximum Gasteiger partial charge on any atom is 0.258 e. The molecule has 0 atom stereocenters. The Morgan fingerprint density at radius 3 is 2.46 bits per heavy atom. The Labute approximate surface area is 162 Å². The number of nitrogens with one attached hydrogen (secondary N) is 2. The van der Waals surface area contributed by atoms with E-state index in [-0.39, 0.29) is 5.91 Å². The minimum atomic E-state index is -0.282. The number of aromatic nitrogens is 3. The monoisotopic (exact) mass is 369 g/mol. The molecule has 0 aliphatic heterocycles. The van der Waals surface area contributed by atoms with Gasteiger partial charge in [-0.25, -0.2) is 9.97 Å². The molecule has 2 heterocycles. The van der Waals surface area contributed by atoms with Crippen molar-refractivity contribution in [2.75, 3.05) is 10.6 Å². The van der Waals surface area contributed by atoms with E-state index in [1.54, 1.807) is 6.20 Å². The van der Waals surface area contributed by atoms with Gasteiger partial charge in [0.2, 0.25) is 5.95 Å². The number of rotatable bonds is 4. The van der Waals surface area contributed by atoms with Gasteiger partial charge in [0, 0.05) is 29.7 Å². The van der Waals surface area contributed by atoms with E-state index < -0.39 is 0 Å². The zero-order valence-corrected chi connectivity index (χ0v) is 15.6. The predicted octanol–water partition coefficient (Wildman–Crippen LogP) is 4.64. The Hall–Kier alpha value is -3.80. The van der Waals surface area contributed by atoms with Crippen LogP contribution in [0.5, 0.6) is 0 Å². The van der Waals surface area contributed by atoms with E-state index in [2.05, 4.69) is 39.4 Å². The highest BCUT2D eigenvalue weighted by molar-refractivity contribution is 6.08. The third-order valence-corrected chi connectivity index (χ3v) is 4.56. The third kappa shape index (κ3) is 3.66. The van der Waals surface area contributed by atoms with Crippen LogP contribution in [0.3, 0.4) is 0 Å². The summed E-state index contributed by atoms with van der Waals surface area (Å²) in [6.45, 7) is 4.12. The number of fused-ring (bicyclic) bond motifs is 1. The summed E-state index contributed by atoms with van der Waals surface area (Å²) in [7, 11) is 0. The Balaban J connectivity index is 1.50. The summed E-state index contributed by atoms with van der Waals surface area (Å²) in [5.74, 6) is 0.155. The van der Waals surface area contributed by atoms with Gasteiger partial charge in [-0.3, -0.25) is 9.78 Å². The molecule has 2 N–H and O–H groups in total. The molecule has 0 spiro atoms. The molecule has 6 heteroatoms. The van der Waals surface area contributed by atoms with Crippen LogP contribution in [0.15, 0.2) is 67.1 Å². The van der Waals surface area contributed by atoms with Crippen molar-refractivity contribution in [2.24, 2.45) is 0 Å². The summed E-state index contributed by atoms with van der Waals surface area (Å²) in [4.78, 5) is 25.4. The Morgan fingerprint density at radius 1 is 0.893 bits per heavy atom. The number of hydrogen-bond acceptors (Lipinski definition) is 5. The van der Waals surface area contributed by atoms with Crippen LogP contribution in [0.2, 0.25) is 0 Å². The normalized spacial score (nSPS) is 10.6. The van der Waals surface area contributed by atoms with Crippen LogP contribution in [-0.4, -0.2) is 20.9 Å². The van der Waals surface area contributed by atoms with Crippen molar-refractivity contribution >= 4 is 34.1 Å². The smallest absolute Gasteiger partial charge is 0.258 e. The van der Waals surface area contributed by atoms with Gasteiger partial charge in [0.15, 0.2) is 0 Å². The Kier molecular flexibility index (Phi) is 4.68. The van der Waals surface area contributed by atoms with Crippen molar-refractivity contribution in [2.45, 2.75) is 13.8 Å². The lowest BCUT2D eigenvalue weighted by molar-refractivity contribution is 0.102. The van der Waals surface area contributed by atoms with Gasteiger partial charge < -0.3 is 10.6 Å². The lowest BCUT2D eigenvalue weighted by Gasteiger charge is -2.09. The third-order valence-electron chi connectivity index (χ3n) is 4.56. The van der Waals surface area contributed by atoms with E-state index in [4.69, 9.17) is 0 Å². The minimum Gasteiger partial charge on any atom is -0.324 e. The van der Waals surface area contributed by atoms with Gasteiger partial charge in [-0.2, -0.15) is 0 Å². The molecule has 2 aromatic carbocycles. The molecule has 4 rings (SSSR count). The zero-order chi connectivity index (χ0) is 19.5. The summed E-state index contributed by atoms with van der Waals surface area (Å²) in [5, 5.41) is 6.99. The second-order valence-electron chi connectivity index (χ2n) is 6.55. The molecule has 6 nitrogen and oxygen atoms in total. The van der Waals surface area contributed by atoms with Crippen molar-refractivity contribution < 1.29 is 4.79 Å². The standard InChI is InChI=1S/C22H19N5O/c1-14-8-9-18(11-15(14)2)26-22-24-12-17(13-25-22)21(28)27-19-7-3-5-16-6-4-10-23-20(16)19/h3-13H,1-2H3,(H,27,28)(H,24,25,26). The molecular formula is C22H19N5O. The topological polar surface area (TPSA) is 79.8 Å². The molecule has 2 aromatic heterocycles. The van der Waals surface area contributed by atoms with Gasteiger partial charge in [0.05, 0.1) is 16.8 Å². The maximum atomic E-state index is 12.6. The van der Waals surface area contributed by atoms with E-state index in [0.29, 0.717) is 17.2 Å². The second-order valence-corrected chi connectivity index (χ2v) is 6.55. The summed E-state index contributed by atoms with van der Waals surface area (Å²) < 4.78 is 0. The van der Waals surface area contributed by atoms with Gasteiger partial charge in [-0.1, -0.05) is 24.3 Å². The van der Waals surface area contributed by atoms with Crippen molar-refractivity contribution in [3.05, 3.63) is 83.8 Å². The highest BCUT2D eigenvalue weighted by atomic mass is 16.1. The molecule has 0 saturated heterocycles. The van der Waals surface area contributed by atoms with E-state index >= 15 is 0 Å². The first-order chi connectivity index (χ1) is 13.6. The van der Waals surface area contributed by atoms with E-state index in [9.17, 15) is 4.79 Å². The number of para-hydroxylation sites is 1. The van der Waals surface area contributed by atoms with Gasteiger partial charge in [-0.05, 0) is 49.2 Å². The van der Waals surface area contributed by atoms with Crippen molar-refractivity contribution in [3.8, 4) is 0 Å². The number of anilines is 3.